The van der Waals surface area contributed by atoms with Gasteiger partial charge in [0.2, 0.25) is 0 Å². The molecule has 0 aliphatic heterocycles. The van der Waals surface area contributed by atoms with Crippen LogP contribution in [0.15, 0.2) is 11.1 Å². The third-order valence-corrected chi connectivity index (χ3v) is 6.48. The van der Waals surface area contributed by atoms with E-state index in [0.29, 0.717) is 12.4 Å². The minimum Gasteiger partial charge on any atom is -0.450 e. The van der Waals surface area contributed by atoms with Gasteiger partial charge >= 0.3 is 6.09 Å². The van der Waals surface area contributed by atoms with Crippen molar-refractivity contribution in [2.24, 2.45) is 11.1 Å². The van der Waals surface area contributed by atoms with Crippen molar-refractivity contribution in [1.29, 1.82) is 0 Å². The molecular weight excluding hydrogens is 362 g/mol. The van der Waals surface area contributed by atoms with Crippen molar-refractivity contribution < 1.29 is 14.3 Å². The summed E-state index contributed by atoms with van der Waals surface area (Å²) in [5, 5.41) is 0. The Balaban J connectivity index is 1.90. The van der Waals surface area contributed by atoms with Gasteiger partial charge < -0.3 is 10.5 Å². The molecule has 0 bridgehead atoms. The molecule has 0 aromatic heterocycles. The molecule has 1 aliphatic rings. The number of hydrogen-bond donors (Lipinski definition) is 1. The van der Waals surface area contributed by atoms with Crippen molar-refractivity contribution >= 4 is 11.9 Å². The topological polar surface area (TPSA) is 69.4 Å². The van der Waals surface area contributed by atoms with Gasteiger partial charge in [-0.2, -0.15) is 0 Å². The Labute approximate surface area is 179 Å². The van der Waals surface area contributed by atoms with E-state index in [1.807, 2.05) is 6.92 Å². The third kappa shape index (κ3) is 11.4. The molecule has 168 valence electrons. The van der Waals surface area contributed by atoms with Gasteiger partial charge in [-0.1, -0.05) is 90.0 Å². The molecular formula is C25H45NO3. The maximum Gasteiger partial charge on any atom is 0.404 e. The summed E-state index contributed by atoms with van der Waals surface area (Å²) in [4.78, 5) is 22.4. The number of hydrogen-bond acceptors (Lipinski definition) is 3. The lowest BCUT2D eigenvalue weighted by Gasteiger charge is -2.34. The van der Waals surface area contributed by atoms with Crippen LogP contribution in [-0.4, -0.2) is 18.5 Å². The van der Waals surface area contributed by atoms with E-state index < -0.39 is 6.09 Å². The monoisotopic (exact) mass is 407 g/mol. The lowest BCUT2D eigenvalue weighted by Crippen LogP contribution is -2.25. The number of carbonyl (C=O) groups excluding carboxylic acids is 2. The molecule has 0 saturated heterocycles. The van der Waals surface area contributed by atoms with Crippen LogP contribution in [0.5, 0.6) is 0 Å². The average Bonchev–Trinajstić information content (AvgIpc) is 2.66. The predicted molar refractivity (Wildman–Crippen MR) is 121 cm³/mol. The van der Waals surface area contributed by atoms with Gasteiger partial charge in [-0.05, 0) is 43.6 Å². The van der Waals surface area contributed by atoms with E-state index in [2.05, 4.69) is 13.8 Å². The van der Waals surface area contributed by atoms with E-state index in [-0.39, 0.29) is 5.41 Å². The lowest BCUT2D eigenvalue weighted by atomic mass is 9.70. The average molecular weight is 408 g/mol. The molecule has 0 fully saturated rings. The molecule has 0 aromatic carbocycles. The fourth-order valence-corrected chi connectivity index (χ4v) is 4.49. The van der Waals surface area contributed by atoms with E-state index >= 15 is 0 Å². The highest BCUT2D eigenvalue weighted by Gasteiger charge is 2.31. The van der Waals surface area contributed by atoms with Crippen LogP contribution in [0, 0.1) is 5.41 Å². The second kappa shape index (κ2) is 14.6. The quantitative estimate of drug-likeness (QED) is 0.274. The van der Waals surface area contributed by atoms with Gasteiger partial charge in [-0.3, -0.25) is 4.79 Å². The molecule has 1 aliphatic carbocycles. The highest BCUT2D eigenvalue weighted by Crippen LogP contribution is 2.41. The van der Waals surface area contributed by atoms with Crippen molar-refractivity contribution in [3.05, 3.63) is 11.1 Å². The Hall–Kier alpha value is -1.32. The molecule has 1 rings (SSSR count). The number of primary amides is 1. The van der Waals surface area contributed by atoms with Gasteiger partial charge in [0, 0.05) is 6.42 Å². The molecule has 0 unspecified atom stereocenters. The first-order valence-corrected chi connectivity index (χ1v) is 12.0. The first kappa shape index (κ1) is 25.7. The molecule has 4 heteroatoms. The minimum atomic E-state index is -0.665. The lowest BCUT2D eigenvalue weighted by molar-refractivity contribution is -0.116. The SMILES string of the molecule is CC1=C(CCCCCCCCCCCCCCCOC(N)=O)C(C)(C)CCC1=O. The van der Waals surface area contributed by atoms with E-state index in [9.17, 15) is 9.59 Å². The molecule has 0 radical (unpaired) electrons. The molecule has 0 saturated carbocycles. The summed E-state index contributed by atoms with van der Waals surface area (Å²) >= 11 is 0. The Morgan fingerprint density at radius 1 is 0.862 bits per heavy atom. The van der Waals surface area contributed by atoms with Crippen molar-refractivity contribution in [3.63, 3.8) is 0 Å². The van der Waals surface area contributed by atoms with Crippen LogP contribution < -0.4 is 5.73 Å². The van der Waals surface area contributed by atoms with Crippen molar-refractivity contribution in [1.82, 2.24) is 0 Å². The molecule has 0 atom stereocenters. The van der Waals surface area contributed by atoms with Crippen LogP contribution in [0.2, 0.25) is 0 Å². The number of ether oxygens (including phenoxy) is 1. The molecule has 0 aromatic rings. The van der Waals surface area contributed by atoms with Gasteiger partial charge in [0.15, 0.2) is 5.78 Å². The summed E-state index contributed by atoms with van der Waals surface area (Å²) in [7, 11) is 0. The number of unbranched alkanes of at least 4 members (excludes halogenated alkanes) is 12. The van der Waals surface area contributed by atoms with Gasteiger partial charge in [0.25, 0.3) is 0 Å². The number of amides is 1. The number of nitrogens with two attached hydrogens (primary N) is 1. The van der Waals surface area contributed by atoms with Crippen LogP contribution in [0.3, 0.4) is 0 Å². The van der Waals surface area contributed by atoms with Crippen LogP contribution in [0.1, 0.15) is 124 Å². The molecule has 29 heavy (non-hydrogen) atoms. The van der Waals surface area contributed by atoms with Gasteiger partial charge in [-0.15, -0.1) is 0 Å². The number of ketones is 1. The van der Waals surface area contributed by atoms with E-state index in [0.717, 1.165) is 37.7 Å². The zero-order chi connectivity index (χ0) is 21.5. The van der Waals surface area contributed by atoms with Crippen LogP contribution in [0.25, 0.3) is 0 Å². The van der Waals surface area contributed by atoms with Crippen molar-refractivity contribution in [2.75, 3.05) is 6.61 Å². The zero-order valence-corrected chi connectivity index (χ0v) is 19.3. The third-order valence-electron chi connectivity index (χ3n) is 6.48. The van der Waals surface area contributed by atoms with Crippen LogP contribution in [0.4, 0.5) is 4.79 Å². The fraction of sp³-hybridized carbons (Fsp3) is 0.840. The number of Topliss-reactive ketones (excluding diaryl/α,β-unsaturated/α-hetero) is 1. The predicted octanol–water partition coefficient (Wildman–Crippen LogP) is 7.25. The minimum absolute atomic E-state index is 0.218. The summed E-state index contributed by atoms with van der Waals surface area (Å²) in [5.74, 6) is 0.372. The standard InChI is InChI=1S/C25H45NO3/c1-21-22(25(2,3)19-18-23(21)27)17-15-13-11-9-7-5-4-6-8-10-12-14-16-20-29-24(26)28/h4-20H2,1-3H3,(H2,26,28). The number of rotatable bonds is 16. The fourth-order valence-electron chi connectivity index (χ4n) is 4.49. The van der Waals surface area contributed by atoms with Crippen molar-refractivity contribution in [3.8, 4) is 0 Å². The maximum atomic E-state index is 12.0. The second-order valence-corrected chi connectivity index (χ2v) is 9.42. The smallest absolute Gasteiger partial charge is 0.404 e. The highest BCUT2D eigenvalue weighted by atomic mass is 16.5. The molecule has 4 nitrogen and oxygen atoms in total. The summed E-state index contributed by atoms with van der Waals surface area (Å²) < 4.78 is 4.72. The first-order valence-electron chi connectivity index (χ1n) is 12.0. The van der Waals surface area contributed by atoms with E-state index in [1.54, 1.807) is 0 Å². The van der Waals surface area contributed by atoms with Crippen LogP contribution >= 0.6 is 0 Å². The summed E-state index contributed by atoms with van der Waals surface area (Å²) in [5.41, 5.74) is 7.62. The van der Waals surface area contributed by atoms with E-state index in [1.165, 1.54) is 76.2 Å². The largest absolute Gasteiger partial charge is 0.450 e. The molecule has 2 N–H and O–H groups in total. The van der Waals surface area contributed by atoms with Crippen LogP contribution in [-0.2, 0) is 9.53 Å². The van der Waals surface area contributed by atoms with Gasteiger partial charge in [-0.25, -0.2) is 4.79 Å². The van der Waals surface area contributed by atoms with Gasteiger partial charge in [0.1, 0.15) is 0 Å². The molecule has 1 amide bonds. The zero-order valence-electron chi connectivity index (χ0n) is 19.3. The van der Waals surface area contributed by atoms with Gasteiger partial charge in [0.05, 0.1) is 6.61 Å². The number of allylic oxidation sites excluding steroid dienone is 2. The van der Waals surface area contributed by atoms with E-state index in [4.69, 9.17) is 10.5 Å². The Bertz CT molecular complexity index is 522. The Morgan fingerprint density at radius 3 is 1.79 bits per heavy atom. The summed E-state index contributed by atoms with van der Waals surface area (Å²) in [6, 6.07) is 0. The number of carbonyl (C=O) groups is 2. The Morgan fingerprint density at radius 2 is 1.31 bits per heavy atom. The molecule has 0 spiro atoms. The normalized spacial score (nSPS) is 16.3. The Kier molecular flexibility index (Phi) is 13.0. The maximum absolute atomic E-state index is 12.0. The van der Waals surface area contributed by atoms with Crippen molar-refractivity contribution in [2.45, 2.75) is 124 Å². The first-order chi connectivity index (χ1) is 13.8. The summed E-state index contributed by atoms with van der Waals surface area (Å²) in [6.07, 6.45) is 18.7. The highest BCUT2D eigenvalue weighted by molar-refractivity contribution is 5.96. The summed E-state index contributed by atoms with van der Waals surface area (Å²) in [6.45, 7) is 7.10. The second-order valence-electron chi connectivity index (χ2n) is 9.42. The molecule has 0 heterocycles.